The van der Waals surface area contributed by atoms with Crippen LogP contribution in [0.25, 0.3) is 0 Å². The Morgan fingerprint density at radius 1 is 1.13 bits per heavy atom. The number of para-hydroxylation sites is 1. The van der Waals surface area contributed by atoms with Crippen molar-refractivity contribution >= 4 is 17.5 Å². The van der Waals surface area contributed by atoms with Gasteiger partial charge in [-0.05, 0) is 43.7 Å². The Morgan fingerprint density at radius 2 is 1.91 bits per heavy atom. The summed E-state index contributed by atoms with van der Waals surface area (Å²) in [5.41, 5.74) is 4.57. The van der Waals surface area contributed by atoms with Crippen molar-refractivity contribution in [1.82, 2.24) is 9.97 Å². The summed E-state index contributed by atoms with van der Waals surface area (Å²) in [6, 6.07) is 8.34. The lowest BCUT2D eigenvalue weighted by molar-refractivity contribution is 0.606. The average molecular weight is 312 g/mol. The van der Waals surface area contributed by atoms with Gasteiger partial charge in [0.1, 0.15) is 5.82 Å². The zero-order chi connectivity index (χ0) is 16.8. The van der Waals surface area contributed by atoms with Gasteiger partial charge in [-0.25, -0.2) is 4.98 Å². The van der Waals surface area contributed by atoms with E-state index in [2.05, 4.69) is 66.5 Å². The van der Waals surface area contributed by atoms with Crippen molar-refractivity contribution < 1.29 is 0 Å². The lowest BCUT2D eigenvalue weighted by atomic mass is 10.1. The summed E-state index contributed by atoms with van der Waals surface area (Å²) in [5, 5.41) is 6.81. The summed E-state index contributed by atoms with van der Waals surface area (Å²) in [7, 11) is 0. The van der Waals surface area contributed by atoms with Crippen molar-refractivity contribution in [2.45, 2.75) is 47.5 Å². The van der Waals surface area contributed by atoms with Crippen LogP contribution >= 0.6 is 0 Å². The second-order valence-electron chi connectivity index (χ2n) is 6.42. The van der Waals surface area contributed by atoms with E-state index in [1.54, 1.807) is 0 Å². The molecule has 0 bridgehead atoms. The Labute approximate surface area is 139 Å². The Morgan fingerprint density at radius 3 is 2.61 bits per heavy atom. The van der Waals surface area contributed by atoms with Crippen molar-refractivity contribution in [3.05, 3.63) is 41.1 Å². The quantitative estimate of drug-likeness (QED) is 0.766. The lowest BCUT2D eigenvalue weighted by Crippen LogP contribution is -2.09. The van der Waals surface area contributed by atoms with E-state index >= 15 is 0 Å². The molecule has 0 fully saturated rings. The van der Waals surface area contributed by atoms with Gasteiger partial charge in [0.15, 0.2) is 0 Å². The minimum atomic E-state index is 0.654. The highest BCUT2D eigenvalue weighted by Gasteiger charge is 2.08. The van der Waals surface area contributed by atoms with Crippen LogP contribution in [0.3, 0.4) is 0 Å². The van der Waals surface area contributed by atoms with Gasteiger partial charge in [-0.1, -0.05) is 39.0 Å². The molecule has 0 saturated carbocycles. The summed E-state index contributed by atoms with van der Waals surface area (Å²) in [4.78, 5) is 9.14. The predicted molar refractivity (Wildman–Crippen MR) is 98.6 cm³/mol. The fraction of sp³-hybridized carbons (Fsp3) is 0.474. The first-order valence-corrected chi connectivity index (χ1v) is 8.44. The van der Waals surface area contributed by atoms with Crippen LogP contribution in [0.5, 0.6) is 0 Å². The maximum absolute atomic E-state index is 4.61. The highest BCUT2D eigenvalue weighted by Crippen LogP contribution is 2.24. The number of benzene rings is 1. The van der Waals surface area contributed by atoms with Crippen LogP contribution < -0.4 is 10.6 Å². The monoisotopic (exact) mass is 312 g/mol. The molecular formula is C19H28N4. The van der Waals surface area contributed by atoms with E-state index in [4.69, 9.17) is 0 Å². The van der Waals surface area contributed by atoms with Crippen molar-refractivity contribution in [2.75, 3.05) is 17.2 Å². The van der Waals surface area contributed by atoms with Gasteiger partial charge >= 0.3 is 0 Å². The van der Waals surface area contributed by atoms with E-state index < -0.39 is 0 Å². The highest BCUT2D eigenvalue weighted by atomic mass is 15.1. The Balaban J connectivity index is 2.19. The van der Waals surface area contributed by atoms with Crippen LogP contribution in [0.2, 0.25) is 0 Å². The molecule has 0 unspecified atom stereocenters. The van der Waals surface area contributed by atoms with Gasteiger partial charge < -0.3 is 10.6 Å². The molecule has 0 spiro atoms. The van der Waals surface area contributed by atoms with Gasteiger partial charge in [0.2, 0.25) is 5.95 Å². The van der Waals surface area contributed by atoms with E-state index in [1.807, 2.05) is 13.0 Å². The molecular weight excluding hydrogens is 284 g/mol. The lowest BCUT2D eigenvalue weighted by Gasteiger charge is -2.14. The summed E-state index contributed by atoms with van der Waals surface area (Å²) in [6.45, 7) is 11.7. The number of hydrogen-bond donors (Lipinski definition) is 2. The summed E-state index contributed by atoms with van der Waals surface area (Å²) in [5.74, 6) is 2.22. The molecule has 4 heteroatoms. The highest BCUT2D eigenvalue weighted by molar-refractivity contribution is 5.64. The fourth-order valence-electron chi connectivity index (χ4n) is 2.52. The molecule has 1 heterocycles. The third kappa shape index (κ3) is 4.95. The molecule has 0 saturated heterocycles. The molecule has 2 N–H and O–H groups in total. The SMILES string of the molecule is CCc1cccc(C)c1Nc1nc(C)cc(NCCC(C)C)n1. The van der Waals surface area contributed by atoms with Gasteiger partial charge in [-0.3, -0.25) is 0 Å². The number of anilines is 3. The zero-order valence-corrected chi connectivity index (χ0v) is 14.9. The van der Waals surface area contributed by atoms with Crippen LogP contribution in [0.15, 0.2) is 24.3 Å². The van der Waals surface area contributed by atoms with Gasteiger partial charge in [0.05, 0.1) is 0 Å². The summed E-state index contributed by atoms with van der Waals surface area (Å²) in [6.07, 6.45) is 2.11. The third-order valence-corrected chi connectivity index (χ3v) is 3.86. The molecule has 0 amide bonds. The van der Waals surface area contributed by atoms with Crippen LogP contribution in [0.1, 0.15) is 44.0 Å². The number of hydrogen-bond acceptors (Lipinski definition) is 4. The topological polar surface area (TPSA) is 49.8 Å². The Bertz CT molecular complexity index is 650. The van der Waals surface area contributed by atoms with E-state index in [0.717, 1.165) is 36.6 Å². The first kappa shape index (κ1) is 17.3. The number of rotatable bonds is 7. The van der Waals surface area contributed by atoms with Crippen LogP contribution in [0, 0.1) is 19.8 Å². The molecule has 23 heavy (non-hydrogen) atoms. The maximum atomic E-state index is 4.61. The molecule has 4 nitrogen and oxygen atoms in total. The van der Waals surface area contributed by atoms with Crippen molar-refractivity contribution in [3.8, 4) is 0 Å². The maximum Gasteiger partial charge on any atom is 0.229 e. The van der Waals surface area contributed by atoms with Gasteiger partial charge in [-0.2, -0.15) is 4.98 Å². The number of aryl methyl sites for hydroxylation is 3. The van der Waals surface area contributed by atoms with E-state index in [0.29, 0.717) is 11.9 Å². The molecule has 1 aromatic heterocycles. The van der Waals surface area contributed by atoms with Crippen molar-refractivity contribution in [3.63, 3.8) is 0 Å². The Kier molecular flexibility index (Phi) is 5.97. The van der Waals surface area contributed by atoms with Crippen molar-refractivity contribution in [2.24, 2.45) is 5.92 Å². The first-order chi connectivity index (χ1) is 11.0. The molecule has 0 atom stereocenters. The van der Waals surface area contributed by atoms with Crippen LogP contribution in [0.4, 0.5) is 17.5 Å². The van der Waals surface area contributed by atoms with Crippen molar-refractivity contribution in [1.29, 1.82) is 0 Å². The second kappa shape index (κ2) is 7.95. The van der Waals surface area contributed by atoms with Crippen LogP contribution in [-0.2, 0) is 6.42 Å². The average Bonchev–Trinajstić information content (AvgIpc) is 2.48. The molecule has 2 rings (SSSR count). The Hall–Kier alpha value is -2.10. The molecule has 0 aliphatic rings. The molecule has 0 aliphatic carbocycles. The molecule has 124 valence electrons. The third-order valence-electron chi connectivity index (χ3n) is 3.86. The van der Waals surface area contributed by atoms with Crippen LogP contribution in [-0.4, -0.2) is 16.5 Å². The largest absolute Gasteiger partial charge is 0.370 e. The normalized spacial score (nSPS) is 10.9. The molecule has 0 aliphatic heterocycles. The zero-order valence-electron chi connectivity index (χ0n) is 14.9. The van der Waals surface area contributed by atoms with Gasteiger partial charge in [-0.15, -0.1) is 0 Å². The summed E-state index contributed by atoms with van der Waals surface area (Å²) < 4.78 is 0. The number of nitrogens with one attached hydrogen (secondary N) is 2. The minimum absolute atomic E-state index is 0.654. The first-order valence-electron chi connectivity index (χ1n) is 8.44. The van der Waals surface area contributed by atoms with E-state index in [9.17, 15) is 0 Å². The van der Waals surface area contributed by atoms with E-state index in [-0.39, 0.29) is 0 Å². The minimum Gasteiger partial charge on any atom is -0.370 e. The molecule has 2 aromatic rings. The standard InChI is InChI=1S/C19H28N4/c1-6-16-9-7-8-14(4)18(16)23-19-21-15(5)12-17(22-19)20-11-10-13(2)3/h7-9,12-13H,6,10-11H2,1-5H3,(H2,20,21,22,23). The molecule has 0 radical (unpaired) electrons. The summed E-state index contributed by atoms with van der Waals surface area (Å²) >= 11 is 0. The molecule has 1 aromatic carbocycles. The van der Waals surface area contributed by atoms with E-state index in [1.165, 1.54) is 11.1 Å². The predicted octanol–water partition coefficient (Wildman–Crippen LogP) is 4.86. The smallest absolute Gasteiger partial charge is 0.229 e. The van der Waals surface area contributed by atoms with Gasteiger partial charge in [0, 0.05) is 24.0 Å². The fourth-order valence-corrected chi connectivity index (χ4v) is 2.52. The second-order valence-corrected chi connectivity index (χ2v) is 6.42. The van der Waals surface area contributed by atoms with Gasteiger partial charge in [0.25, 0.3) is 0 Å². The number of aromatic nitrogens is 2. The number of nitrogens with zero attached hydrogens (tertiary/aromatic N) is 2.